The van der Waals surface area contributed by atoms with Crippen LogP contribution in [0, 0.1) is 0 Å². The standard InChI is InChI=1S/C34H41N3O6/c1-39-31-14-13-24(20-33(31)41-3)28(26-8-5-12-32(40-2)34(26)42-4)22-37-18-16-36(17-19-37)21-25(38)23-43-30-11-6-10-29-27(30)9-7-15-35-29/h5-15,20,25,28,38H,16-19,21-23H2,1-4H3. The van der Waals surface area contributed by atoms with Gasteiger partial charge in [0.05, 0.1) is 34.0 Å². The average Bonchev–Trinajstić information content (AvgIpc) is 3.06. The average molecular weight is 588 g/mol. The number of hydrogen-bond donors (Lipinski definition) is 1. The number of piperazine rings is 1. The summed E-state index contributed by atoms with van der Waals surface area (Å²) in [6.45, 7) is 5.02. The van der Waals surface area contributed by atoms with Crippen LogP contribution >= 0.6 is 0 Å². The first-order chi connectivity index (χ1) is 21.0. The molecule has 1 aliphatic heterocycles. The number of aliphatic hydroxyl groups excluding tert-OH is 1. The number of nitrogens with zero attached hydrogens (tertiary/aromatic N) is 3. The maximum atomic E-state index is 10.8. The van der Waals surface area contributed by atoms with Crippen molar-refractivity contribution in [3.63, 3.8) is 0 Å². The summed E-state index contributed by atoms with van der Waals surface area (Å²) in [6.07, 6.45) is 1.17. The molecule has 1 aromatic heterocycles. The molecule has 2 atom stereocenters. The SMILES string of the molecule is COc1ccc(C(CN2CCN(CC(O)COc3cccc4ncccc34)CC2)c2cccc(OC)c2OC)cc1OC. The number of β-amino-alcohol motifs (C(OH)–C–C–N with tert-alkyl or cyclic N) is 1. The summed E-state index contributed by atoms with van der Waals surface area (Å²) in [7, 11) is 6.63. The molecule has 1 fully saturated rings. The maximum absolute atomic E-state index is 10.8. The minimum atomic E-state index is -0.598. The van der Waals surface area contributed by atoms with E-state index in [-0.39, 0.29) is 12.5 Å². The van der Waals surface area contributed by atoms with E-state index in [0.717, 1.165) is 66.3 Å². The summed E-state index contributed by atoms with van der Waals surface area (Å²) in [4.78, 5) is 9.14. The normalized spacial score (nSPS) is 15.6. The van der Waals surface area contributed by atoms with Crippen molar-refractivity contribution in [3.05, 3.63) is 84.1 Å². The molecule has 5 rings (SSSR count). The van der Waals surface area contributed by atoms with Crippen LogP contribution in [0.15, 0.2) is 72.9 Å². The molecule has 1 aliphatic rings. The van der Waals surface area contributed by atoms with Gasteiger partial charge in [-0.3, -0.25) is 14.8 Å². The van der Waals surface area contributed by atoms with Crippen LogP contribution in [-0.4, -0.2) is 100 Å². The lowest BCUT2D eigenvalue weighted by Gasteiger charge is -2.37. The molecule has 9 nitrogen and oxygen atoms in total. The largest absolute Gasteiger partial charge is 0.493 e. The second-order valence-electron chi connectivity index (χ2n) is 10.6. The number of fused-ring (bicyclic) bond motifs is 1. The van der Waals surface area contributed by atoms with Gasteiger partial charge in [-0.2, -0.15) is 0 Å². The Hall–Kier alpha value is -4.05. The van der Waals surface area contributed by atoms with Crippen LogP contribution in [0.3, 0.4) is 0 Å². The molecular weight excluding hydrogens is 546 g/mol. The zero-order valence-corrected chi connectivity index (χ0v) is 25.4. The fourth-order valence-corrected chi connectivity index (χ4v) is 5.79. The van der Waals surface area contributed by atoms with E-state index in [2.05, 4.69) is 26.9 Å². The van der Waals surface area contributed by atoms with Crippen molar-refractivity contribution in [2.75, 3.05) is 74.3 Å². The molecule has 1 saturated heterocycles. The molecule has 2 heterocycles. The van der Waals surface area contributed by atoms with Gasteiger partial charge in [-0.15, -0.1) is 0 Å². The van der Waals surface area contributed by atoms with Gasteiger partial charge in [0.25, 0.3) is 0 Å². The third-order valence-corrected chi connectivity index (χ3v) is 8.03. The first-order valence-corrected chi connectivity index (χ1v) is 14.6. The summed E-state index contributed by atoms with van der Waals surface area (Å²) in [5.41, 5.74) is 3.03. The lowest BCUT2D eigenvalue weighted by Crippen LogP contribution is -2.50. The van der Waals surface area contributed by atoms with Crippen LogP contribution in [-0.2, 0) is 0 Å². The Balaban J connectivity index is 1.24. The Morgan fingerprint density at radius 3 is 2.14 bits per heavy atom. The van der Waals surface area contributed by atoms with Gasteiger partial charge in [-0.1, -0.05) is 24.3 Å². The van der Waals surface area contributed by atoms with Crippen LogP contribution in [0.5, 0.6) is 28.7 Å². The van der Waals surface area contributed by atoms with E-state index < -0.39 is 6.10 Å². The van der Waals surface area contributed by atoms with Gasteiger partial charge in [0, 0.05) is 62.3 Å². The lowest BCUT2D eigenvalue weighted by molar-refractivity contribution is 0.0458. The highest BCUT2D eigenvalue weighted by Crippen LogP contribution is 2.41. The quantitative estimate of drug-likeness (QED) is 0.244. The monoisotopic (exact) mass is 587 g/mol. The second-order valence-corrected chi connectivity index (χ2v) is 10.6. The van der Waals surface area contributed by atoms with E-state index >= 15 is 0 Å². The summed E-state index contributed by atoms with van der Waals surface area (Å²) < 4.78 is 28.6. The maximum Gasteiger partial charge on any atom is 0.164 e. The lowest BCUT2D eigenvalue weighted by atomic mass is 9.89. The Morgan fingerprint density at radius 2 is 1.42 bits per heavy atom. The number of methoxy groups -OCH3 is 4. The first-order valence-electron chi connectivity index (χ1n) is 14.6. The zero-order valence-electron chi connectivity index (χ0n) is 25.4. The highest BCUT2D eigenvalue weighted by Gasteiger charge is 2.27. The molecule has 0 aliphatic carbocycles. The first kappa shape index (κ1) is 30.4. The molecule has 43 heavy (non-hydrogen) atoms. The molecule has 2 unspecified atom stereocenters. The summed E-state index contributed by atoms with van der Waals surface area (Å²) >= 11 is 0. The number of benzene rings is 3. The molecule has 0 saturated carbocycles. The Bertz CT molecular complexity index is 1490. The third-order valence-electron chi connectivity index (χ3n) is 8.03. The van der Waals surface area contributed by atoms with E-state index in [1.807, 2.05) is 54.6 Å². The van der Waals surface area contributed by atoms with Gasteiger partial charge in [0.1, 0.15) is 18.5 Å². The number of rotatable bonds is 13. The van der Waals surface area contributed by atoms with Crippen molar-refractivity contribution in [1.82, 2.24) is 14.8 Å². The number of para-hydroxylation sites is 1. The molecular formula is C34H41N3O6. The predicted molar refractivity (Wildman–Crippen MR) is 167 cm³/mol. The van der Waals surface area contributed by atoms with Crippen molar-refractivity contribution in [2.24, 2.45) is 0 Å². The molecule has 0 bridgehead atoms. The Morgan fingerprint density at radius 1 is 0.721 bits per heavy atom. The summed E-state index contributed by atoms with van der Waals surface area (Å²) in [6, 6.07) is 21.8. The molecule has 228 valence electrons. The van der Waals surface area contributed by atoms with E-state index in [1.54, 1.807) is 34.6 Å². The highest BCUT2D eigenvalue weighted by molar-refractivity contribution is 5.84. The molecule has 3 aromatic carbocycles. The fraction of sp³-hybridized carbons (Fsp3) is 0.382. The number of aromatic nitrogens is 1. The topological polar surface area (TPSA) is 85.8 Å². The molecule has 1 N–H and O–H groups in total. The van der Waals surface area contributed by atoms with Crippen LogP contribution < -0.4 is 23.7 Å². The van der Waals surface area contributed by atoms with Crippen molar-refractivity contribution in [2.45, 2.75) is 12.0 Å². The molecule has 4 aromatic rings. The van der Waals surface area contributed by atoms with E-state index in [9.17, 15) is 5.11 Å². The van der Waals surface area contributed by atoms with Crippen LogP contribution in [0.25, 0.3) is 10.9 Å². The van der Waals surface area contributed by atoms with Crippen LogP contribution in [0.2, 0.25) is 0 Å². The van der Waals surface area contributed by atoms with Crippen molar-refractivity contribution in [3.8, 4) is 28.7 Å². The fourth-order valence-electron chi connectivity index (χ4n) is 5.79. The van der Waals surface area contributed by atoms with Crippen molar-refractivity contribution >= 4 is 10.9 Å². The van der Waals surface area contributed by atoms with E-state index in [1.165, 1.54) is 0 Å². The van der Waals surface area contributed by atoms with E-state index in [4.69, 9.17) is 23.7 Å². The van der Waals surface area contributed by atoms with Crippen LogP contribution in [0.1, 0.15) is 17.0 Å². The molecule has 0 spiro atoms. The van der Waals surface area contributed by atoms with E-state index in [0.29, 0.717) is 23.8 Å². The Kier molecular flexibility index (Phi) is 10.2. The van der Waals surface area contributed by atoms with Crippen molar-refractivity contribution in [1.29, 1.82) is 0 Å². The predicted octanol–water partition coefficient (Wildman–Crippen LogP) is 4.46. The Labute approximate surface area is 253 Å². The van der Waals surface area contributed by atoms with Gasteiger partial charge >= 0.3 is 0 Å². The smallest absolute Gasteiger partial charge is 0.164 e. The molecule has 0 amide bonds. The third kappa shape index (κ3) is 7.13. The molecule has 0 radical (unpaired) electrons. The van der Waals surface area contributed by atoms with Gasteiger partial charge in [0.2, 0.25) is 0 Å². The number of pyridine rings is 1. The van der Waals surface area contributed by atoms with Gasteiger partial charge in [-0.25, -0.2) is 0 Å². The van der Waals surface area contributed by atoms with Crippen molar-refractivity contribution < 1.29 is 28.8 Å². The minimum Gasteiger partial charge on any atom is -0.493 e. The number of hydrogen-bond acceptors (Lipinski definition) is 9. The second kappa shape index (κ2) is 14.4. The van der Waals surface area contributed by atoms with Gasteiger partial charge in [-0.05, 0) is 48.0 Å². The molecule has 9 heteroatoms. The summed E-state index contributed by atoms with van der Waals surface area (Å²) in [5.74, 6) is 3.55. The zero-order chi connectivity index (χ0) is 30.2. The number of ether oxygens (including phenoxy) is 5. The minimum absolute atomic E-state index is 0.00517. The van der Waals surface area contributed by atoms with Crippen LogP contribution in [0.4, 0.5) is 0 Å². The number of aliphatic hydroxyl groups is 1. The van der Waals surface area contributed by atoms with Gasteiger partial charge in [0.15, 0.2) is 23.0 Å². The van der Waals surface area contributed by atoms with Gasteiger partial charge < -0.3 is 28.8 Å². The summed E-state index contributed by atoms with van der Waals surface area (Å²) in [5, 5.41) is 11.7. The highest BCUT2D eigenvalue weighted by atomic mass is 16.5.